The highest BCUT2D eigenvalue weighted by Crippen LogP contribution is 2.22. The lowest BCUT2D eigenvalue weighted by Gasteiger charge is -2.19. The number of aromatic nitrogens is 4. The average molecular weight is 395 g/mol. The molecule has 0 bridgehead atoms. The number of hydrogen-bond acceptors (Lipinski definition) is 5. The molecule has 9 nitrogen and oxygen atoms in total. The first-order chi connectivity index (χ1) is 13.8. The van der Waals surface area contributed by atoms with Gasteiger partial charge in [-0.05, 0) is 36.1 Å². The molecule has 0 aliphatic heterocycles. The molecule has 0 aliphatic rings. The highest BCUT2D eigenvalue weighted by molar-refractivity contribution is 5.95. The maximum absolute atomic E-state index is 12.9. The molecule has 0 aliphatic carbocycles. The summed E-state index contributed by atoms with van der Waals surface area (Å²) in [5.41, 5.74) is 2.33. The van der Waals surface area contributed by atoms with Crippen molar-refractivity contribution in [1.29, 1.82) is 0 Å². The summed E-state index contributed by atoms with van der Waals surface area (Å²) >= 11 is 0. The van der Waals surface area contributed by atoms with E-state index in [0.717, 1.165) is 11.1 Å². The number of carbonyl (C=O) groups is 2. The van der Waals surface area contributed by atoms with E-state index in [4.69, 9.17) is 0 Å². The van der Waals surface area contributed by atoms with Crippen molar-refractivity contribution < 1.29 is 9.59 Å². The summed E-state index contributed by atoms with van der Waals surface area (Å²) in [4.78, 5) is 33.2. The number of nitrogens with zero attached hydrogens (tertiary/aromatic N) is 4. The molecule has 0 fully saturated rings. The average Bonchev–Trinajstić information content (AvgIpc) is 3.07. The molecule has 9 heteroatoms. The maximum Gasteiger partial charge on any atom is 0.321 e. The topological polar surface area (TPSA) is 113 Å². The van der Waals surface area contributed by atoms with Gasteiger partial charge in [-0.2, -0.15) is 4.98 Å². The summed E-state index contributed by atoms with van der Waals surface area (Å²) in [6.45, 7) is 8.92. The van der Waals surface area contributed by atoms with E-state index < -0.39 is 6.03 Å². The molecule has 0 saturated carbocycles. The van der Waals surface area contributed by atoms with Crippen molar-refractivity contribution in [2.75, 3.05) is 18.4 Å². The zero-order valence-corrected chi connectivity index (χ0v) is 17.0. The third kappa shape index (κ3) is 5.07. The SMILES string of the molecule is CCNC(=O)Nc1nc2cc(-c3cccnc3)cc(C(=O)NCC(C)(C)C)n2n1. The van der Waals surface area contributed by atoms with E-state index in [9.17, 15) is 9.59 Å². The van der Waals surface area contributed by atoms with E-state index in [-0.39, 0.29) is 17.3 Å². The molecule has 152 valence electrons. The molecule has 3 aromatic heterocycles. The molecule has 0 spiro atoms. The van der Waals surface area contributed by atoms with Crippen LogP contribution in [0.1, 0.15) is 38.2 Å². The highest BCUT2D eigenvalue weighted by atomic mass is 16.2. The van der Waals surface area contributed by atoms with Crippen LogP contribution in [0.2, 0.25) is 0 Å². The Morgan fingerprint density at radius 1 is 1.14 bits per heavy atom. The number of carbonyl (C=O) groups excluding carboxylic acids is 2. The summed E-state index contributed by atoms with van der Waals surface area (Å²) in [5, 5.41) is 12.4. The van der Waals surface area contributed by atoms with Crippen LogP contribution >= 0.6 is 0 Å². The molecular weight excluding hydrogens is 370 g/mol. The van der Waals surface area contributed by atoms with E-state index in [2.05, 4.69) is 31.0 Å². The smallest absolute Gasteiger partial charge is 0.321 e. The summed E-state index contributed by atoms with van der Waals surface area (Å²) in [7, 11) is 0. The number of urea groups is 1. The van der Waals surface area contributed by atoms with E-state index in [0.29, 0.717) is 24.4 Å². The second-order valence-corrected chi connectivity index (χ2v) is 7.80. The fraction of sp³-hybridized carbons (Fsp3) is 0.350. The Labute approximate surface area is 168 Å². The molecule has 29 heavy (non-hydrogen) atoms. The molecule has 3 rings (SSSR count). The largest absolute Gasteiger partial charge is 0.350 e. The van der Waals surface area contributed by atoms with Gasteiger partial charge in [0.2, 0.25) is 0 Å². The molecule has 0 saturated heterocycles. The Morgan fingerprint density at radius 2 is 1.93 bits per heavy atom. The Hall–Kier alpha value is -3.49. The van der Waals surface area contributed by atoms with Crippen molar-refractivity contribution >= 4 is 23.5 Å². The van der Waals surface area contributed by atoms with Crippen molar-refractivity contribution in [3.8, 4) is 11.1 Å². The molecule has 0 radical (unpaired) electrons. The summed E-state index contributed by atoms with van der Waals surface area (Å²) in [6, 6.07) is 6.86. The predicted molar refractivity (Wildman–Crippen MR) is 111 cm³/mol. The zero-order chi connectivity index (χ0) is 21.0. The highest BCUT2D eigenvalue weighted by Gasteiger charge is 2.19. The number of rotatable bonds is 5. The van der Waals surface area contributed by atoms with Crippen molar-refractivity contribution in [1.82, 2.24) is 30.2 Å². The van der Waals surface area contributed by atoms with Crippen LogP contribution in [0.25, 0.3) is 16.8 Å². The fourth-order valence-corrected chi connectivity index (χ4v) is 2.64. The minimum Gasteiger partial charge on any atom is -0.350 e. The van der Waals surface area contributed by atoms with E-state index in [1.165, 1.54) is 4.52 Å². The lowest BCUT2D eigenvalue weighted by atomic mass is 9.97. The third-order valence-corrected chi connectivity index (χ3v) is 4.01. The summed E-state index contributed by atoms with van der Waals surface area (Å²) in [5.74, 6) is -0.158. The van der Waals surface area contributed by atoms with E-state index in [1.54, 1.807) is 24.5 Å². The molecule has 0 atom stereocenters. The third-order valence-electron chi connectivity index (χ3n) is 4.01. The lowest BCUT2D eigenvalue weighted by molar-refractivity contribution is 0.0932. The number of hydrogen-bond donors (Lipinski definition) is 3. The molecule has 3 heterocycles. The molecule has 3 amide bonds. The van der Waals surface area contributed by atoms with Gasteiger partial charge in [0.25, 0.3) is 11.9 Å². The second kappa shape index (κ2) is 8.26. The normalized spacial score (nSPS) is 11.3. The number of pyridine rings is 2. The van der Waals surface area contributed by atoms with Gasteiger partial charge in [-0.25, -0.2) is 9.31 Å². The van der Waals surface area contributed by atoms with Crippen LogP contribution < -0.4 is 16.0 Å². The van der Waals surface area contributed by atoms with Crippen LogP contribution in [-0.2, 0) is 0 Å². The first-order valence-electron chi connectivity index (χ1n) is 9.41. The summed E-state index contributed by atoms with van der Waals surface area (Å²) < 4.78 is 1.43. The van der Waals surface area contributed by atoms with Gasteiger partial charge in [0, 0.05) is 31.0 Å². The van der Waals surface area contributed by atoms with Crippen molar-refractivity contribution in [2.24, 2.45) is 5.41 Å². The number of amides is 3. The standard InChI is InChI=1S/C20H25N7O2/c1-5-22-19(29)25-18-24-16-10-14(13-7-6-8-21-11-13)9-15(27(16)26-18)17(28)23-12-20(2,3)4/h6-11H,5,12H2,1-4H3,(H,23,28)(H2,22,25,26,29). The van der Waals surface area contributed by atoms with Gasteiger partial charge in [-0.3, -0.25) is 15.1 Å². The monoisotopic (exact) mass is 395 g/mol. The number of nitrogens with one attached hydrogen (secondary N) is 3. The molecule has 0 aromatic carbocycles. The van der Waals surface area contributed by atoms with Crippen LogP contribution in [0.3, 0.4) is 0 Å². The minimum absolute atomic E-state index is 0.0664. The van der Waals surface area contributed by atoms with Crippen LogP contribution in [0.4, 0.5) is 10.7 Å². The first-order valence-corrected chi connectivity index (χ1v) is 9.41. The van der Waals surface area contributed by atoms with Gasteiger partial charge in [0.1, 0.15) is 5.69 Å². The van der Waals surface area contributed by atoms with Crippen molar-refractivity contribution in [3.63, 3.8) is 0 Å². The van der Waals surface area contributed by atoms with Crippen LogP contribution in [0.15, 0.2) is 36.7 Å². The van der Waals surface area contributed by atoms with Crippen molar-refractivity contribution in [3.05, 3.63) is 42.4 Å². The fourth-order valence-electron chi connectivity index (χ4n) is 2.64. The first kappa shape index (κ1) is 20.2. The lowest BCUT2D eigenvalue weighted by Crippen LogP contribution is -2.33. The van der Waals surface area contributed by atoms with Gasteiger partial charge >= 0.3 is 6.03 Å². The quantitative estimate of drug-likeness (QED) is 0.615. The van der Waals surface area contributed by atoms with Crippen LogP contribution in [-0.4, -0.2) is 44.6 Å². The van der Waals surface area contributed by atoms with Crippen molar-refractivity contribution in [2.45, 2.75) is 27.7 Å². The van der Waals surface area contributed by atoms with Gasteiger partial charge in [0.05, 0.1) is 0 Å². The van der Waals surface area contributed by atoms with E-state index >= 15 is 0 Å². The molecule has 0 unspecified atom stereocenters. The Bertz CT molecular complexity index is 1020. The predicted octanol–water partition coefficient (Wildman–Crippen LogP) is 2.71. The maximum atomic E-state index is 12.9. The van der Waals surface area contributed by atoms with E-state index in [1.807, 2.05) is 39.8 Å². The van der Waals surface area contributed by atoms with Gasteiger partial charge in [-0.15, -0.1) is 5.10 Å². The Morgan fingerprint density at radius 3 is 2.59 bits per heavy atom. The zero-order valence-electron chi connectivity index (χ0n) is 17.0. The Balaban J connectivity index is 2.04. The minimum atomic E-state index is -0.408. The molecule has 3 aromatic rings. The molecule has 3 N–H and O–H groups in total. The van der Waals surface area contributed by atoms with Gasteiger partial charge in [-0.1, -0.05) is 26.8 Å². The Kier molecular flexibility index (Phi) is 5.76. The van der Waals surface area contributed by atoms with Gasteiger partial charge in [0.15, 0.2) is 5.65 Å². The summed E-state index contributed by atoms with van der Waals surface area (Å²) in [6.07, 6.45) is 3.40. The van der Waals surface area contributed by atoms with Gasteiger partial charge < -0.3 is 10.6 Å². The number of fused-ring (bicyclic) bond motifs is 1. The van der Waals surface area contributed by atoms with Crippen LogP contribution in [0.5, 0.6) is 0 Å². The van der Waals surface area contributed by atoms with Crippen LogP contribution in [0, 0.1) is 5.41 Å². The molecular formula is C20H25N7O2. The second-order valence-electron chi connectivity index (χ2n) is 7.80. The number of anilines is 1.